The van der Waals surface area contributed by atoms with Crippen LogP contribution in [0.4, 0.5) is 0 Å². The quantitative estimate of drug-likeness (QED) is 0.724. The van der Waals surface area contributed by atoms with Gasteiger partial charge in [0.15, 0.2) is 0 Å². The Kier molecular flexibility index (Phi) is 4.39. The van der Waals surface area contributed by atoms with Gasteiger partial charge < -0.3 is 9.69 Å². The minimum atomic E-state index is -0.0285. The number of rotatable bonds is 3. The van der Waals surface area contributed by atoms with Crippen molar-refractivity contribution in [1.29, 1.82) is 0 Å². The van der Waals surface area contributed by atoms with E-state index in [1.165, 1.54) is 38.6 Å². The van der Waals surface area contributed by atoms with Crippen molar-refractivity contribution in [3.63, 3.8) is 0 Å². The predicted octanol–water partition coefficient (Wildman–Crippen LogP) is 3.75. The lowest BCUT2D eigenvalue weighted by Gasteiger charge is -2.38. The van der Waals surface area contributed by atoms with Crippen LogP contribution in [0.2, 0.25) is 0 Å². The highest BCUT2D eigenvalue weighted by molar-refractivity contribution is 5.60. The highest BCUT2D eigenvalue weighted by atomic mass is 16.1. The molecule has 1 unspecified atom stereocenters. The van der Waals surface area contributed by atoms with Crippen molar-refractivity contribution >= 4 is 6.29 Å². The van der Waals surface area contributed by atoms with Crippen LogP contribution in [0.15, 0.2) is 0 Å². The smallest absolute Gasteiger partial charge is 0.127 e. The normalized spacial score (nSPS) is 37.5. The van der Waals surface area contributed by atoms with E-state index in [4.69, 9.17) is 0 Å². The maximum absolute atomic E-state index is 11.6. The van der Waals surface area contributed by atoms with E-state index >= 15 is 0 Å². The maximum Gasteiger partial charge on any atom is 0.127 e. The second-order valence-electron chi connectivity index (χ2n) is 8.25. The second kappa shape index (κ2) is 5.55. The minimum absolute atomic E-state index is 0.0285. The third-order valence-electron chi connectivity index (χ3n) is 5.56. The minimum Gasteiger partial charge on any atom is -0.303 e. The molecule has 0 spiro atoms. The van der Waals surface area contributed by atoms with Gasteiger partial charge in [0.2, 0.25) is 0 Å². The molecule has 2 heteroatoms. The summed E-state index contributed by atoms with van der Waals surface area (Å²) < 4.78 is 0. The summed E-state index contributed by atoms with van der Waals surface area (Å²) in [5.74, 6) is 1.60. The molecule has 2 rings (SSSR count). The molecule has 1 saturated heterocycles. The van der Waals surface area contributed by atoms with Gasteiger partial charge in [-0.05, 0) is 55.9 Å². The number of aldehydes is 1. The molecule has 0 aromatic rings. The van der Waals surface area contributed by atoms with Crippen LogP contribution < -0.4 is 0 Å². The van der Waals surface area contributed by atoms with E-state index in [9.17, 15) is 4.79 Å². The standard InChI is InChI=1S/C17H31NO/c1-14-5-8-17(13-19,9-6-14)12-18-10-7-15(11-18)16(2,3)4/h13-15H,5-12H2,1-4H3. The first-order chi connectivity index (χ1) is 8.85. The SMILES string of the molecule is CC1CCC(C=O)(CN2CCC(C(C)(C)C)C2)CC1. The number of nitrogens with zero attached hydrogens (tertiary/aromatic N) is 1. The highest BCUT2D eigenvalue weighted by Gasteiger charge is 2.39. The van der Waals surface area contributed by atoms with Crippen LogP contribution in [-0.2, 0) is 4.79 Å². The largest absolute Gasteiger partial charge is 0.303 e. The molecule has 1 atom stereocenters. The lowest BCUT2D eigenvalue weighted by molar-refractivity contribution is -0.119. The molecule has 0 aromatic heterocycles. The van der Waals surface area contributed by atoms with Crippen LogP contribution in [0.1, 0.15) is 59.8 Å². The third kappa shape index (κ3) is 3.59. The van der Waals surface area contributed by atoms with E-state index in [1.807, 2.05) is 0 Å². The Morgan fingerprint density at radius 1 is 1.21 bits per heavy atom. The van der Waals surface area contributed by atoms with Crippen LogP contribution in [0.3, 0.4) is 0 Å². The van der Waals surface area contributed by atoms with Crippen LogP contribution >= 0.6 is 0 Å². The van der Waals surface area contributed by atoms with Gasteiger partial charge in [-0.2, -0.15) is 0 Å². The number of hydrogen-bond donors (Lipinski definition) is 0. The Bertz CT molecular complexity index is 310. The van der Waals surface area contributed by atoms with Gasteiger partial charge in [0, 0.05) is 18.5 Å². The second-order valence-corrected chi connectivity index (χ2v) is 8.25. The fourth-order valence-electron chi connectivity index (χ4n) is 3.78. The van der Waals surface area contributed by atoms with Gasteiger partial charge in [0.05, 0.1) is 0 Å². The van der Waals surface area contributed by atoms with Gasteiger partial charge in [-0.25, -0.2) is 0 Å². The van der Waals surface area contributed by atoms with Crippen LogP contribution in [0.5, 0.6) is 0 Å². The molecule has 110 valence electrons. The zero-order chi connectivity index (χ0) is 14.1. The lowest BCUT2D eigenvalue weighted by atomic mass is 9.71. The van der Waals surface area contributed by atoms with E-state index in [2.05, 4.69) is 32.6 Å². The van der Waals surface area contributed by atoms with Crippen LogP contribution in [-0.4, -0.2) is 30.8 Å². The van der Waals surface area contributed by atoms with Crippen molar-refractivity contribution in [2.45, 2.75) is 59.8 Å². The highest BCUT2D eigenvalue weighted by Crippen LogP contribution is 2.40. The van der Waals surface area contributed by atoms with Gasteiger partial charge in [0.25, 0.3) is 0 Å². The fraction of sp³-hybridized carbons (Fsp3) is 0.941. The van der Waals surface area contributed by atoms with Crippen molar-refractivity contribution in [2.24, 2.45) is 22.7 Å². The molecule has 1 aliphatic carbocycles. The Hall–Kier alpha value is -0.370. The zero-order valence-electron chi connectivity index (χ0n) is 13.2. The Morgan fingerprint density at radius 2 is 1.84 bits per heavy atom. The summed E-state index contributed by atoms with van der Waals surface area (Å²) in [6, 6.07) is 0. The molecule has 0 N–H and O–H groups in total. The molecular formula is C17H31NO. The maximum atomic E-state index is 11.6. The van der Waals surface area contributed by atoms with Crippen molar-refractivity contribution in [3.05, 3.63) is 0 Å². The van der Waals surface area contributed by atoms with Crippen molar-refractivity contribution < 1.29 is 4.79 Å². The van der Waals surface area contributed by atoms with Crippen LogP contribution in [0, 0.1) is 22.7 Å². The summed E-state index contributed by atoms with van der Waals surface area (Å²) >= 11 is 0. The van der Waals surface area contributed by atoms with Crippen molar-refractivity contribution in [1.82, 2.24) is 4.90 Å². The molecule has 1 saturated carbocycles. The molecule has 0 radical (unpaired) electrons. The summed E-state index contributed by atoms with van der Waals surface area (Å²) in [6.07, 6.45) is 7.26. The molecule has 0 bridgehead atoms. The Labute approximate surface area is 118 Å². The molecule has 2 aliphatic rings. The van der Waals surface area contributed by atoms with Gasteiger partial charge >= 0.3 is 0 Å². The summed E-state index contributed by atoms with van der Waals surface area (Å²) in [5, 5.41) is 0. The molecule has 0 amide bonds. The zero-order valence-corrected chi connectivity index (χ0v) is 13.2. The van der Waals surface area contributed by atoms with E-state index in [0.29, 0.717) is 5.41 Å². The summed E-state index contributed by atoms with van der Waals surface area (Å²) in [4.78, 5) is 14.2. The Morgan fingerprint density at radius 3 is 2.32 bits per heavy atom. The first-order valence-electron chi connectivity index (χ1n) is 8.03. The van der Waals surface area contributed by atoms with Gasteiger partial charge in [-0.15, -0.1) is 0 Å². The van der Waals surface area contributed by atoms with E-state index in [1.54, 1.807) is 0 Å². The number of hydrogen-bond acceptors (Lipinski definition) is 2. The molecule has 1 heterocycles. The van der Waals surface area contributed by atoms with E-state index in [-0.39, 0.29) is 5.41 Å². The molecule has 19 heavy (non-hydrogen) atoms. The van der Waals surface area contributed by atoms with E-state index < -0.39 is 0 Å². The number of likely N-dealkylation sites (tertiary alicyclic amines) is 1. The molecule has 1 aliphatic heterocycles. The average molecular weight is 265 g/mol. The fourth-order valence-corrected chi connectivity index (χ4v) is 3.78. The number of carbonyl (C=O) groups excluding carboxylic acids is 1. The summed E-state index contributed by atoms with van der Waals surface area (Å²) in [5.41, 5.74) is 0.378. The van der Waals surface area contributed by atoms with Crippen molar-refractivity contribution in [2.75, 3.05) is 19.6 Å². The van der Waals surface area contributed by atoms with Gasteiger partial charge in [-0.3, -0.25) is 0 Å². The summed E-state index contributed by atoms with van der Waals surface area (Å²) in [7, 11) is 0. The molecule has 0 aromatic carbocycles. The number of carbonyl (C=O) groups is 1. The topological polar surface area (TPSA) is 20.3 Å². The third-order valence-corrected chi connectivity index (χ3v) is 5.56. The molecule has 2 nitrogen and oxygen atoms in total. The Balaban J connectivity index is 1.92. The van der Waals surface area contributed by atoms with Gasteiger partial charge in [0.1, 0.15) is 6.29 Å². The first kappa shape index (κ1) is 15.0. The van der Waals surface area contributed by atoms with Crippen molar-refractivity contribution in [3.8, 4) is 0 Å². The lowest BCUT2D eigenvalue weighted by Crippen LogP contribution is -2.41. The monoisotopic (exact) mass is 265 g/mol. The molecule has 2 fully saturated rings. The van der Waals surface area contributed by atoms with Crippen LogP contribution in [0.25, 0.3) is 0 Å². The first-order valence-corrected chi connectivity index (χ1v) is 8.03. The average Bonchev–Trinajstić information content (AvgIpc) is 2.81. The molecular weight excluding hydrogens is 234 g/mol. The summed E-state index contributed by atoms with van der Waals surface area (Å²) in [6.45, 7) is 12.7. The van der Waals surface area contributed by atoms with Gasteiger partial charge in [-0.1, -0.05) is 27.7 Å². The predicted molar refractivity (Wildman–Crippen MR) is 80.1 cm³/mol. The van der Waals surface area contributed by atoms with E-state index in [0.717, 1.165) is 31.2 Å².